The maximum atomic E-state index is 12.2. The van der Waals surface area contributed by atoms with E-state index in [2.05, 4.69) is 4.72 Å². The van der Waals surface area contributed by atoms with E-state index in [1.165, 1.54) is 12.5 Å². The third-order valence-electron chi connectivity index (χ3n) is 3.61. The molecule has 6 heteroatoms. The SMILES string of the molecule is Cc1oc(CN)cc1S(=O)(=O)NC(C)C1CCC1. The second-order valence-corrected chi connectivity index (χ2v) is 6.62. The highest BCUT2D eigenvalue weighted by Crippen LogP contribution is 2.30. The predicted octanol–water partition coefficient (Wildman–Crippen LogP) is 1.51. The van der Waals surface area contributed by atoms with E-state index in [0.29, 0.717) is 17.4 Å². The molecule has 1 aliphatic rings. The molecule has 0 aromatic carbocycles. The molecular weight excluding hydrogens is 252 g/mol. The summed E-state index contributed by atoms with van der Waals surface area (Å²) < 4.78 is 32.5. The Morgan fingerprint density at radius 2 is 2.22 bits per heavy atom. The smallest absolute Gasteiger partial charge is 0.244 e. The Kier molecular flexibility index (Phi) is 3.79. The first-order valence-electron chi connectivity index (χ1n) is 6.25. The van der Waals surface area contributed by atoms with E-state index in [4.69, 9.17) is 10.2 Å². The van der Waals surface area contributed by atoms with Gasteiger partial charge in [0, 0.05) is 12.1 Å². The minimum atomic E-state index is -3.50. The van der Waals surface area contributed by atoms with E-state index in [0.717, 1.165) is 12.8 Å². The van der Waals surface area contributed by atoms with Crippen LogP contribution >= 0.6 is 0 Å². The van der Waals surface area contributed by atoms with Gasteiger partial charge in [0.15, 0.2) is 0 Å². The van der Waals surface area contributed by atoms with Gasteiger partial charge in [0.05, 0.1) is 6.54 Å². The summed E-state index contributed by atoms with van der Waals surface area (Å²) in [5.74, 6) is 1.34. The molecule has 1 saturated carbocycles. The van der Waals surface area contributed by atoms with E-state index in [1.807, 2.05) is 6.92 Å². The van der Waals surface area contributed by atoms with Gasteiger partial charge in [0.2, 0.25) is 10.0 Å². The molecule has 2 rings (SSSR count). The normalized spacial score (nSPS) is 18.6. The number of furan rings is 1. The minimum Gasteiger partial charge on any atom is -0.464 e. The monoisotopic (exact) mass is 272 g/mol. The molecule has 1 unspecified atom stereocenters. The Bertz CT molecular complexity index is 517. The van der Waals surface area contributed by atoms with Crippen LogP contribution in [0.1, 0.15) is 37.7 Å². The van der Waals surface area contributed by atoms with Gasteiger partial charge >= 0.3 is 0 Å². The van der Waals surface area contributed by atoms with Crippen molar-refractivity contribution in [3.63, 3.8) is 0 Å². The Balaban J connectivity index is 2.16. The minimum absolute atomic E-state index is 0.0284. The molecule has 0 bridgehead atoms. The summed E-state index contributed by atoms with van der Waals surface area (Å²) in [5.41, 5.74) is 5.45. The lowest BCUT2D eigenvalue weighted by Crippen LogP contribution is -2.40. The van der Waals surface area contributed by atoms with Gasteiger partial charge in [-0.15, -0.1) is 0 Å². The molecule has 1 aromatic heterocycles. The third kappa shape index (κ3) is 2.60. The second-order valence-electron chi connectivity index (χ2n) is 4.94. The topological polar surface area (TPSA) is 85.3 Å². The summed E-state index contributed by atoms with van der Waals surface area (Å²) >= 11 is 0. The fraction of sp³-hybridized carbons (Fsp3) is 0.667. The van der Waals surface area contributed by atoms with Crippen molar-refractivity contribution in [2.24, 2.45) is 11.7 Å². The lowest BCUT2D eigenvalue weighted by atomic mass is 9.81. The Hall–Kier alpha value is -0.850. The molecule has 0 spiro atoms. The van der Waals surface area contributed by atoms with Crippen molar-refractivity contribution in [3.8, 4) is 0 Å². The van der Waals surface area contributed by atoms with Crippen molar-refractivity contribution in [1.29, 1.82) is 0 Å². The molecular formula is C12H20N2O3S. The van der Waals surface area contributed by atoms with Crippen LogP contribution in [0.25, 0.3) is 0 Å². The van der Waals surface area contributed by atoms with Gasteiger partial charge < -0.3 is 10.2 Å². The van der Waals surface area contributed by atoms with Crippen LogP contribution in [0.4, 0.5) is 0 Å². The Labute approximate surface area is 108 Å². The summed E-state index contributed by atoms with van der Waals surface area (Å²) in [4.78, 5) is 0.203. The first-order valence-corrected chi connectivity index (χ1v) is 7.74. The number of nitrogens with one attached hydrogen (secondary N) is 1. The van der Waals surface area contributed by atoms with Crippen LogP contribution in [-0.4, -0.2) is 14.5 Å². The first-order chi connectivity index (χ1) is 8.44. The van der Waals surface area contributed by atoms with E-state index >= 15 is 0 Å². The average Bonchev–Trinajstić information content (AvgIpc) is 2.56. The van der Waals surface area contributed by atoms with Gasteiger partial charge in [-0.2, -0.15) is 0 Å². The van der Waals surface area contributed by atoms with Crippen molar-refractivity contribution < 1.29 is 12.8 Å². The molecule has 102 valence electrons. The molecule has 3 N–H and O–H groups in total. The van der Waals surface area contributed by atoms with Gasteiger partial charge in [-0.3, -0.25) is 0 Å². The maximum absolute atomic E-state index is 12.2. The zero-order valence-electron chi connectivity index (χ0n) is 10.8. The van der Waals surface area contributed by atoms with E-state index in [1.54, 1.807) is 6.92 Å². The number of hydrogen-bond acceptors (Lipinski definition) is 4. The molecule has 0 amide bonds. The molecule has 18 heavy (non-hydrogen) atoms. The molecule has 5 nitrogen and oxygen atoms in total. The predicted molar refractivity (Wildman–Crippen MR) is 68.5 cm³/mol. The Morgan fingerprint density at radius 3 is 2.67 bits per heavy atom. The van der Waals surface area contributed by atoms with Crippen LogP contribution < -0.4 is 10.5 Å². The molecule has 1 aliphatic carbocycles. The maximum Gasteiger partial charge on any atom is 0.244 e. The molecule has 1 atom stereocenters. The average molecular weight is 272 g/mol. The number of hydrogen-bond donors (Lipinski definition) is 2. The highest BCUT2D eigenvalue weighted by atomic mass is 32.2. The van der Waals surface area contributed by atoms with Gasteiger partial charge in [-0.1, -0.05) is 6.42 Å². The fourth-order valence-corrected chi connectivity index (χ4v) is 3.75. The molecule has 0 saturated heterocycles. The van der Waals surface area contributed by atoms with E-state index in [9.17, 15) is 8.42 Å². The van der Waals surface area contributed by atoms with Crippen LogP contribution in [0.5, 0.6) is 0 Å². The van der Waals surface area contributed by atoms with E-state index in [-0.39, 0.29) is 17.5 Å². The quantitative estimate of drug-likeness (QED) is 0.851. The van der Waals surface area contributed by atoms with Crippen molar-refractivity contribution in [2.45, 2.75) is 50.6 Å². The van der Waals surface area contributed by atoms with Gasteiger partial charge in [0.1, 0.15) is 16.4 Å². The number of aryl methyl sites for hydroxylation is 1. The van der Waals surface area contributed by atoms with Crippen molar-refractivity contribution in [2.75, 3.05) is 0 Å². The lowest BCUT2D eigenvalue weighted by Gasteiger charge is -2.31. The van der Waals surface area contributed by atoms with E-state index < -0.39 is 10.0 Å². The van der Waals surface area contributed by atoms with Crippen molar-refractivity contribution >= 4 is 10.0 Å². The zero-order valence-corrected chi connectivity index (χ0v) is 11.6. The summed E-state index contributed by atoms with van der Waals surface area (Å²) in [6, 6.07) is 1.48. The van der Waals surface area contributed by atoms with Gasteiger partial charge in [0.25, 0.3) is 0 Å². The first kappa shape index (κ1) is 13.6. The molecule has 0 radical (unpaired) electrons. The third-order valence-corrected chi connectivity index (χ3v) is 5.28. The van der Waals surface area contributed by atoms with Crippen LogP contribution in [0.15, 0.2) is 15.4 Å². The molecule has 0 aliphatic heterocycles. The highest BCUT2D eigenvalue weighted by molar-refractivity contribution is 7.89. The second kappa shape index (κ2) is 5.03. The molecule has 1 fully saturated rings. The summed E-state index contributed by atoms with van der Waals surface area (Å²) in [6.07, 6.45) is 3.39. The largest absolute Gasteiger partial charge is 0.464 e. The summed E-state index contributed by atoms with van der Waals surface area (Å²) in [6.45, 7) is 3.76. The zero-order chi connectivity index (χ0) is 13.3. The van der Waals surface area contributed by atoms with Gasteiger partial charge in [-0.25, -0.2) is 13.1 Å². The summed E-state index contributed by atoms with van der Waals surface area (Å²) in [7, 11) is -3.50. The number of sulfonamides is 1. The standard InChI is InChI=1S/C12H20N2O3S/c1-8(10-4-3-5-10)14-18(15,16)12-6-11(7-13)17-9(12)2/h6,8,10,14H,3-5,7,13H2,1-2H3. The van der Waals surface area contributed by atoms with Crippen LogP contribution in [0.2, 0.25) is 0 Å². The fourth-order valence-electron chi connectivity index (χ4n) is 2.24. The van der Waals surface area contributed by atoms with Crippen molar-refractivity contribution in [3.05, 3.63) is 17.6 Å². The highest BCUT2D eigenvalue weighted by Gasteiger charge is 2.29. The Morgan fingerprint density at radius 1 is 1.56 bits per heavy atom. The van der Waals surface area contributed by atoms with Crippen LogP contribution in [0, 0.1) is 12.8 Å². The molecule has 1 heterocycles. The lowest BCUT2D eigenvalue weighted by molar-refractivity contribution is 0.260. The summed E-state index contributed by atoms with van der Waals surface area (Å²) in [5, 5.41) is 0. The van der Waals surface area contributed by atoms with Gasteiger partial charge in [-0.05, 0) is 32.6 Å². The van der Waals surface area contributed by atoms with Crippen LogP contribution in [0.3, 0.4) is 0 Å². The van der Waals surface area contributed by atoms with Crippen LogP contribution in [-0.2, 0) is 16.6 Å². The number of nitrogens with two attached hydrogens (primary N) is 1. The number of rotatable bonds is 5. The molecule has 1 aromatic rings. The van der Waals surface area contributed by atoms with Crippen molar-refractivity contribution in [1.82, 2.24) is 4.72 Å².